The lowest BCUT2D eigenvalue weighted by Crippen LogP contribution is -2.27. The van der Waals surface area contributed by atoms with Crippen LogP contribution in [0.3, 0.4) is 0 Å². The molecule has 0 amide bonds. The fourth-order valence-corrected chi connectivity index (χ4v) is 2.59. The summed E-state index contributed by atoms with van der Waals surface area (Å²) >= 11 is 0. The average Bonchev–Trinajstić information content (AvgIpc) is 2.69. The van der Waals surface area contributed by atoms with Gasteiger partial charge in [-0.25, -0.2) is 9.36 Å². The first kappa shape index (κ1) is 16.0. The Kier molecular flexibility index (Phi) is 4.22. The molecule has 1 heterocycles. The van der Waals surface area contributed by atoms with E-state index in [1.54, 1.807) is 4.57 Å². The van der Waals surface area contributed by atoms with Crippen LogP contribution in [0.2, 0.25) is 0 Å². The average molecular weight is 299 g/mol. The molecule has 0 spiro atoms. The van der Waals surface area contributed by atoms with Crippen molar-refractivity contribution in [1.82, 2.24) is 4.57 Å². The van der Waals surface area contributed by atoms with E-state index in [0.717, 1.165) is 34.0 Å². The topological polar surface area (TPSA) is 48.3 Å². The van der Waals surface area contributed by atoms with Crippen LogP contribution in [0.1, 0.15) is 39.0 Å². The molecule has 0 atom stereocenters. The number of fused-ring (bicyclic) bond motifs is 1. The summed E-state index contributed by atoms with van der Waals surface area (Å²) in [5.74, 6) is 0. The van der Waals surface area contributed by atoms with Gasteiger partial charge in [-0.1, -0.05) is 18.2 Å². The smallest absolute Gasteiger partial charge is 0.419 e. The highest BCUT2D eigenvalue weighted by Crippen LogP contribution is 2.31. The molecule has 1 aromatic carbocycles. The lowest BCUT2D eigenvalue weighted by molar-refractivity contribution is -0.104. The molecule has 0 fully saturated rings. The third-order valence-corrected chi connectivity index (χ3v) is 3.40. The second kappa shape index (κ2) is 5.79. The Hall–Kier alpha value is -2.36. The Labute approximate surface area is 130 Å². The molecule has 22 heavy (non-hydrogen) atoms. The molecule has 0 bridgehead atoms. The zero-order valence-corrected chi connectivity index (χ0v) is 13.6. The quantitative estimate of drug-likeness (QED) is 0.612. The number of carbonyl (C=O) groups excluding carboxylic acids is 2. The van der Waals surface area contributed by atoms with Gasteiger partial charge in [-0.05, 0) is 52.3 Å². The maximum Gasteiger partial charge on any atom is 0.419 e. The summed E-state index contributed by atoms with van der Waals surface area (Å²) in [4.78, 5) is 23.3. The van der Waals surface area contributed by atoms with E-state index in [2.05, 4.69) is 0 Å². The number of hydrogen-bond donors (Lipinski definition) is 0. The van der Waals surface area contributed by atoms with Crippen LogP contribution in [0.25, 0.3) is 16.5 Å². The maximum atomic E-state index is 12.5. The summed E-state index contributed by atoms with van der Waals surface area (Å²) < 4.78 is 7.07. The van der Waals surface area contributed by atoms with E-state index in [1.165, 1.54) is 6.08 Å². The van der Waals surface area contributed by atoms with E-state index in [1.807, 2.05) is 58.9 Å². The third kappa shape index (κ3) is 2.96. The standard InChI is InChI=1S/C18H21NO3/c1-12(10-11-20)16-13(2)19(17(21)22-18(3,4)5)15-9-7-6-8-14(15)16/h6-11H,1-5H3. The van der Waals surface area contributed by atoms with E-state index < -0.39 is 11.7 Å². The molecule has 0 saturated carbocycles. The first-order valence-electron chi connectivity index (χ1n) is 7.22. The first-order chi connectivity index (χ1) is 10.3. The summed E-state index contributed by atoms with van der Waals surface area (Å²) in [5.41, 5.74) is 2.71. The van der Waals surface area contributed by atoms with Crippen molar-refractivity contribution in [1.29, 1.82) is 0 Å². The summed E-state index contributed by atoms with van der Waals surface area (Å²) in [5, 5.41) is 0.932. The van der Waals surface area contributed by atoms with Crippen LogP contribution >= 0.6 is 0 Å². The number of para-hydroxylation sites is 1. The highest BCUT2D eigenvalue weighted by atomic mass is 16.6. The van der Waals surface area contributed by atoms with Crippen molar-refractivity contribution in [3.8, 4) is 0 Å². The van der Waals surface area contributed by atoms with Crippen molar-refractivity contribution in [3.05, 3.63) is 41.6 Å². The van der Waals surface area contributed by atoms with Crippen molar-refractivity contribution in [2.45, 2.75) is 40.2 Å². The first-order valence-corrected chi connectivity index (χ1v) is 7.22. The Morgan fingerprint density at radius 1 is 1.23 bits per heavy atom. The van der Waals surface area contributed by atoms with Gasteiger partial charge in [0.25, 0.3) is 0 Å². The summed E-state index contributed by atoms with van der Waals surface area (Å²) in [6.07, 6.45) is 1.86. The van der Waals surface area contributed by atoms with Gasteiger partial charge in [0.1, 0.15) is 11.9 Å². The molecule has 2 rings (SSSR count). The molecule has 2 aromatic rings. The zero-order chi connectivity index (χ0) is 16.5. The second-order valence-corrected chi connectivity index (χ2v) is 6.28. The molecule has 4 nitrogen and oxygen atoms in total. The number of rotatable bonds is 2. The lowest BCUT2D eigenvalue weighted by atomic mass is 10.0. The van der Waals surface area contributed by atoms with Crippen LogP contribution in [-0.2, 0) is 9.53 Å². The Balaban J connectivity index is 2.71. The highest BCUT2D eigenvalue weighted by molar-refractivity contribution is 6.01. The van der Waals surface area contributed by atoms with Crippen LogP contribution in [0.4, 0.5) is 4.79 Å². The molecule has 0 radical (unpaired) electrons. The Bertz CT molecular complexity index is 760. The number of nitrogens with zero attached hydrogens (tertiary/aromatic N) is 1. The number of benzene rings is 1. The molecule has 116 valence electrons. The van der Waals surface area contributed by atoms with E-state index >= 15 is 0 Å². The van der Waals surface area contributed by atoms with Gasteiger partial charge in [-0.2, -0.15) is 0 Å². The predicted molar refractivity (Wildman–Crippen MR) is 88.0 cm³/mol. The fraction of sp³-hybridized carbons (Fsp3) is 0.333. The van der Waals surface area contributed by atoms with Crippen molar-refractivity contribution >= 4 is 28.9 Å². The van der Waals surface area contributed by atoms with Crippen LogP contribution in [-0.4, -0.2) is 22.5 Å². The van der Waals surface area contributed by atoms with Crippen molar-refractivity contribution < 1.29 is 14.3 Å². The summed E-state index contributed by atoms with van der Waals surface area (Å²) in [6, 6.07) is 7.62. The fourth-order valence-electron chi connectivity index (χ4n) is 2.59. The molecule has 0 saturated heterocycles. The molecule has 0 aliphatic heterocycles. The minimum atomic E-state index is -0.567. The number of aromatic nitrogens is 1. The zero-order valence-electron chi connectivity index (χ0n) is 13.6. The van der Waals surface area contributed by atoms with Gasteiger partial charge < -0.3 is 4.74 Å². The number of carbonyl (C=O) groups is 2. The van der Waals surface area contributed by atoms with E-state index in [-0.39, 0.29) is 0 Å². The van der Waals surface area contributed by atoms with E-state index in [4.69, 9.17) is 4.74 Å². The van der Waals surface area contributed by atoms with Crippen LogP contribution in [0, 0.1) is 6.92 Å². The maximum absolute atomic E-state index is 12.5. The predicted octanol–water partition coefficient (Wildman–Crippen LogP) is 4.34. The van der Waals surface area contributed by atoms with Gasteiger partial charge in [0.2, 0.25) is 0 Å². The number of aldehydes is 1. The normalized spacial score (nSPS) is 12.5. The van der Waals surface area contributed by atoms with Gasteiger partial charge in [0, 0.05) is 16.6 Å². The number of ether oxygens (including phenoxy) is 1. The van der Waals surface area contributed by atoms with Crippen LogP contribution < -0.4 is 0 Å². The summed E-state index contributed by atoms with van der Waals surface area (Å²) in [6.45, 7) is 9.24. The molecule has 0 unspecified atom stereocenters. The molecule has 4 heteroatoms. The molecule has 0 N–H and O–H groups in total. The minimum Gasteiger partial charge on any atom is -0.443 e. The highest BCUT2D eigenvalue weighted by Gasteiger charge is 2.23. The SMILES string of the molecule is CC(=CC=O)c1c(C)n(C(=O)OC(C)(C)C)c2ccccc12. The molecule has 0 aliphatic carbocycles. The number of hydrogen-bond acceptors (Lipinski definition) is 3. The Morgan fingerprint density at radius 2 is 1.86 bits per heavy atom. The minimum absolute atomic E-state index is 0.411. The molecule has 1 aromatic heterocycles. The second-order valence-electron chi connectivity index (χ2n) is 6.28. The lowest BCUT2D eigenvalue weighted by Gasteiger charge is -2.20. The number of allylic oxidation sites excluding steroid dienone is 2. The largest absolute Gasteiger partial charge is 0.443 e. The van der Waals surface area contributed by atoms with Crippen molar-refractivity contribution in [2.75, 3.05) is 0 Å². The van der Waals surface area contributed by atoms with Gasteiger partial charge in [-0.15, -0.1) is 0 Å². The van der Waals surface area contributed by atoms with Gasteiger partial charge >= 0.3 is 6.09 Å². The van der Waals surface area contributed by atoms with Gasteiger partial charge in [-0.3, -0.25) is 4.79 Å². The van der Waals surface area contributed by atoms with Crippen LogP contribution in [0.15, 0.2) is 30.3 Å². The van der Waals surface area contributed by atoms with E-state index in [0.29, 0.717) is 0 Å². The summed E-state index contributed by atoms with van der Waals surface area (Å²) in [7, 11) is 0. The molecule has 0 aliphatic rings. The third-order valence-electron chi connectivity index (χ3n) is 3.40. The van der Waals surface area contributed by atoms with Gasteiger partial charge in [0.05, 0.1) is 5.52 Å². The Morgan fingerprint density at radius 3 is 2.45 bits per heavy atom. The molecular formula is C18H21NO3. The monoisotopic (exact) mass is 299 g/mol. The van der Waals surface area contributed by atoms with Crippen LogP contribution in [0.5, 0.6) is 0 Å². The molecular weight excluding hydrogens is 278 g/mol. The van der Waals surface area contributed by atoms with Crippen molar-refractivity contribution in [3.63, 3.8) is 0 Å². The van der Waals surface area contributed by atoms with Gasteiger partial charge in [0.15, 0.2) is 0 Å². The van der Waals surface area contributed by atoms with Crippen molar-refractivity contribution in [2.24, 2.45) is 0 Å². The van der Waals surface area contributed by atoms with E-state index in [9.17, 15) is 9.59 Å².